The molecule has 2 N–H and O–H groups in total. The third-order valence-electron chi connectivity index (χ3n) is 4.46. The molecule has 7 heteroatoms. The fourth-order valence-electron chi connectivity index (χ4n) is 2.86. The Morgan fingerprint density at radius 1 is 1.15 bits per heavy atom. The number of benzene rings is 2. The highest BCUT2D eigenvalue weighted by molar-refractivity contribution is 5.94. The number of nitro groups is 1. The monoisotopic (exact) mass is 373 g/mol. The third kappa shape index (κ3) is 5.34. The van der Waals surface area contributed by atoms with Gasteiger partial charge >= 0.3 is 0 Å². The zero-order valence-corrected chi connectivity index (χ0v) is 15.9. The van der Waals surface area contributed by atoms with Crippen LogP contribution in [0.25, 0.3) is 0 Å². The number of aryl methyl sites for hydroxylation is 2. The molecule has 0 aliphatic rings. The summed E-state index contributed by atoms with van der Waals surface area (Å²) in [6.45, 7) is 7.58. The Hall–Kier alpha value is -2.80. The summed E-state index contributed by atoms with van der Waals surface area (Å²) in [5, 5.41) is 17.0. The Morgan fingerprint density at radius 2 is 1.74 bits per heavy atom. The number of nitrogens with one attached hydrogen (secondary N) is 2. The van der Waals surface area contributed by atoms with Crippen LogP contribution in [-0.4, -0.2) is 17.4 Å². The molecule has 6 nitrogen and oxygen atoms in total. The van der Waals surface area contributed by atoms with E-state index in [0.717, 1.165) is 16.7 Å². The van der Waals surface area contributed by atoms with Gasteiger partial charge in [0.15, 0.2) is 0 Å². The van der Waals surface area contributed by atoms with Gasteiger partial charge in [0.25, 0.3) is 5.69 Å². The SMILES string of the molecule is Cc1cc(NC(=O)CN[C@H](c2ccc(F)cc2)C(C)C)c([N+](=O)[O-])cc1C. The van der Waals surface area contributed by atoms with Crippen LogP contribution in [0, 0.1) is 35.7 Å². The molecule has 1 amide bonds. The summed E-state index contributed by atoms with van der Waals surface area (Å²) >= 11 is 0. The molecule has 0 aliphatic heterocycles. The first-order valence-electron chi connectivity index (χ1n) is 8.73. The Balaban J connectivity index is 2.10. The van der Waals surface area contributed by atoms with Crippen molar-refractivity contribution in [3.05, 3.63) is 69.0 Å². The van der Waals surface area contributed by atoms with Crippen molar-refractivity contribution >= 4 is 17.3 Å². The summed E-state index contributed by atoms with van der Waals surface area (Å²) in [4.78, 5) is 23.1. The number of carbonyl (C=O) groups excluding carboxylic acids is 1. The van der Waals surface area contributed by atoms with Gasteiger partial charge in [0, 0.05) is 12.1 Å². The number of halogens is 1. The minimum absolute atomic E-state index is 0.0235. The lowest BCUT2D eigenvalue weighted by Crippen LogP contribution is -2.33. The minimum Gasteiger partial charge on any atom is -0.319 e. The van der Waals surface area contributed by atoms with E-state index in [0.29, 0.717) is 0 Å². The summed E-state index contributed by atoms with van der Waals surface area (Å²) in [6.07, 6.45) is 0. The molecule has 2 aromatic carbocycles. The predicted molar refractivity (Wildman–Crippen MR) is 103 cm³/mol. The van der Waals surface area contributed by atoms with Gasteiger partial charge in [0.2, 0.25) is 5.91 Å². The van der Waals surface area contributed by atoms with E-state index in [1.165, 1.54) is 18.2 Å². The lowest BCUT2D eigenvalue weighted by atomic mass is 9.96. The normalized spacial score (nSPS) is 12.1. The molecular weight excluding hydrogens is 349 g/mol. The van der Waals surface area contributed by atoms with Gasteiger partial charge in [-0.3, -0.25) is 14.9 Å². The van der Waals surface area contributed by atoms with E-state index in [9.17, 15) is 19.3 Å². The van der Waals surface area contributed by atoms with Crippen LogP contribution in [0.15, 0.2) is 36.4 Å². The smallest absolute Gasteiger partial charge is 0.293 e. The number of nitro benzene ring substituents is 1. The Labute approximate surface area is 157 Å². The van der Waals surface area contributed by atoms with E-state index in [1.54, 1.807) is 25.1 Å². The highest BCUT2D eigenvalue weighted by Gasteiger charge is 2.20. The van der Waals surface area contributed by atoms with Crippen LogP contribution in [0.2, 0.25) is 0 Å². The molecule has 2 aromatic rings. The van der Waals surface area contributed by atoms with E-state index < -0.39 is 4.92 Å². The summed E-state index contributed by atoms with van der Waals surface area (Å²) in [5.74, 6) is -0.533. The van der Waals surface area contributed by atoms with Crippen molar-refractivity contribution in [2.75, 3.05) is 11.9 Å². The molecule has 0 saturated carbocycles. The van der Waals surface area contributed by atoms with Gasteiger partial charge in [0.1, 0.15) is 11.5 Å². The maximum absolute atomic E-state index is 13.1. The van der Waals surface area contributed by atoms with Gasteiger partial charge in [-0.1, -0.05) is 26.0 Å². The van der Waals surface area contributed by atoms with Crippen molar-refractivity contribution in [1.29, 1.82) is 0 Å². The van der Waals surface area contributed by atoms with Crippen LogP contribution in [0.3, 0.4) is 0 Å². The second-order valence-electron chi connectivity index (χ2n) is 6.91. The van der Waals surface area contributed by atoms with Crippen molar-refractivity contribution in [1.82, 2.24) is 5.32 Å². The van der Waals surface area contributed by atoms with Crippen molar-refractivity contribution < 1.29 is 14.1 Å². The van der Waals surface area contributed by atoms with Crippen molar-refractivity contribution in [2.24, 2.45) is 5.92 Å². The van der Waals surface area contributed by atoms with E-state index in [-0.39, 0.29) is 41.6 Å². The maximum atomic E-state index is 13.1. The number of hydrogen-bond donors (Lipinski definition) is 2. The number of nitrogens with zero attached hydrogens (tertiary/aromatic N) is 1. The minimum atomic E-state index is -0.509. The van der Waals surface area contributed by atoms with Crippen LogP contribution in [-0.2, 0) is 4.79 Å². The average Bonchev–Trinajstić information content (AvgIpc) is 2.59. The van der Waals surface area contributed by atoms with E-state index in [1.807, 2.05) is 20.8 Å². The van der Waals surface area contributed by atoms with Gasteiger partial charge in [-0.2, -0.15) is 0 Å². The molecule has 0 saturated heterocycles. The Bertz CT molecular complexity index is 835. The predicted octanol–water partition coefficient (Wildman–Crippen LogP) is 4.28. The summed E-state index contributed by atoms with van der Waals surface area (Å²) < 4.78 is 13.1. The Kier molecular flexibility index (Phi) is 6.63. The number of rotatable bonds is 7. The molecule has 2 rings (SSSR count). The van der Waals surface area contributed by atoms with E-state index in [2.05, 4.69) is 10.6 Å². The number of anilines is 1. The summed E-state index contributed by atoms with van der Waals surface area (Å²) in [5.41, 5.74) is 2.56. The summed E-state index contributed by atoms with van der Waals surface area (Å²) in [7, 11) is 0. The lowest BCUT2D eigenvalue weighted by molar-refractivity contribution is -0.384. The van der Waals surface area contributed by atoms with Gasteiger partial charge in [0.05, 0.1) is 11.5 Å². The van der Waals surface area contributed by atoms with Crippen LogP contribution >= 0.6 is 0 Å². The molecular formula is C20H24FN3O3. The first-order valence-corrected chi connectivity index (χ1v) is 8.73. The van der Waals surface area contributed by atoms with E-state index >= 15 is 0 Å². The van der Waals surface area contributed by atoms with E-state index in [4.69, 9.17) is 0 Å². The molecule has 144 valence electrons. The van der Waals surface area contributed by atoms with Gasteiger partial charge < -0.3 is 10.6 Å². The third-order valence-corrected chi connectivity index (χ3v) is 4.46. The van der Waals surface area contributed by atoms with Gasteiger partial charge in [-0.05, 0) is 54.7 Å². The zero-order valence-electron chi connectivity index (χ0n) is 15.9. The zero-order chi connectivity index (χ0) is 20.1. The fourth-order valence-corrected chi connectivity index (χ4v) is 2.86. The molecule has 0 aromatic heterocycles. The van der Waals surface area contributed by atoms with Gasteiger partial charge in [-0.25, -0.2) is 4.39 Å². The average molecular weight is 373 g/mol. The molecule has 0 unspecified atom stereocenters. The standard InChI is InChI=1S/C20H24FN3O3/c1-12(2)20(15-5-7-16(21)8-6-15)22-11-19(25)23-17-9-13(3)14(4)10-18(17)24(26)27/h5-10,12,20,22H,11H2,1-4H3,(H,23,25)/t20-/m0/s1. The molecule has 0 spiro atoms. The van der Waals surface area contributed by atoms with Gasteiger partial charge in [-0.15, -0.1) is 0 Å². The molecule has 0 aliphatic carbocycles. The topological polar surface area (TPSA) is 84.3 Å². The number of carbonyl (C=O) groups is 1. The second kappa shape index (κ2) is 8.73. The van der Waals surface area contributed by atoms with Crippen LogP contribution < -0.4 is 10.6 Å². The first kappa shape index (κ1) is 20.5. The molecule has 27 heavy (non-hydrogen) atoms. The molecule has 0 bridgehead atoms. The van der Waals surface area contributed by atoms with Crippen molar-refractivity contribution in [2.45, 2.75) is 33.7 Å². The largest absolute Gasteiger partial charge is 0.319 e. The van der Waals surface area contributed by atoms with Crippen LogP contribution in [0.5, 0.6) is 0 Å². The number of amides is 1. The highest BCUT2D eigenvalue weighted by atomic mass is 19.1. The lowest BCUT2D eigenvalue weighted by Gasteiger charge is -2.23. The Morgan fingerprint density at radius 3 is 2.30 bits per heavy atom. The first-order chi connectivity index (χ1) is 12.7. The molecule has 0 heterocycles. The van der Waals surface area contributed by atoms with Crippen LogP contribution in [0.1, 0.15) is 36.6 Å². The maximum Gasteiger partial charge on any atom is 0.293 e. The second-order valence-corrected chi connectivity index (χ2v) is 6.91. The number of hydrogen-bond acceptors (Lipinski definition) is 4. The molecule has 1 atom stereocenters. The summed E-state index contributed by atoms with van der Waals surface area (Å²) in [6, 6.07) is 9.03. The van der Waals surface area contributed by atoms with Crippen molar-refractivity contribution in [3.8, 4) is 0 Å². The van der Waals surface area contributed by atoms with Crippen molar-refractivity contribution in [3.63, 3.8) is 0 Å². The molecule has 0 radical (unpaired) electrons. The van der Waals surface area contributed by atoms with Crippen LogP contribution in [0.4, 0.5) is 15.8 Å². The molecule has 0 fully saturated rings. The highest BCUT2D eigenvalue weighted by Crippen LogP contribution is 2.28. The fraction of sp³-hybridized carbons (Fsp3) is 0.350. The quantitative estimate of drug-likeness (QED) is 0.560.